The lowest BCUT2D eigenvalue weighted by molar-refractivity contribution is -0.227. The van der Waals surface area contributed by atoms with Crippen molar-refractivity contribution in [1.29, 1.82) is 0 Å². The summed E-state index contributed by atoms with van der Waals surface area (Å²) in [6, 6.07) is 7.01. The van der Waals surface area contributed by atoms with Crippen LogP contribution in [0.2, 0.25) is 0 Å². The van der Waals surface area contributed by atoms with Crippen LogP contribution in [-0.4, -0.2) is 32.0 Å². The second kappa shape index (κ2) is 7.66. The number of methoxy groups -OCH3 is 1. The van der Waals surface area contributed by atoms with E-state index in [1.165, 1.54) is 7.11 Å². The molecule has 0 aliphatic carbocycles. The van der Waals surface area contributed by atoms with E-state index in [4.69, 9.17) is 9.47 Å². The molecule has 1 rings (SSSR count). The van der Waals surface area contributed by atoms with Gasteiger partial charge in [-0.2, -0.15) is 13.2 Å². The fourth-order valence-electron chi connectivity index (χ4n) is 1.73. The van der Waals surface area contributed by atoms with E-state index in [1.807, 2.05) is 13.8 Å². The molecular formula is C15H22F3NO2. The maximum Gasteiger partial charge on any atom is 0.414 e. The van der Waals surface area contributed by atoms with Gasteiger partial charge in [0.15, 0.2) is 6.10 Å². The van der Waals surface area contributed by atoms with Gasteiger partial charge in [-0.05, 0) is 24.6 Å². The average molecular weight is 305 g/mol. The van der Waals surface area contributed by atoms with Crippen molar-refractivity contribution >= 4 is 0 Å². The molecule has 0 fully saturated rings. The van der Waals surface area contributed by atoms with Gasteiger partial charge in [0, 0.05) is 12.6 Å². The standard InChI is InChI=1S/C15H22F3NO2/c1-10(2)19-9-14(21-11(3)15(16,17)18)12-5-7-13(20-4)8-6-12/h5-8,10-11,14,19H,9H2,1-4H3. The van der Waals surface area contributed by atoms with Crippen LogP contribution in [0.1, 0.15) is 32.4 Å². The third-order valence-corrected chi connectivity index (χ3v) is 3.03. The van der Waals surface area contributed by atoms with E-state index < -0.39 is 18.4 Å². The molecule has 0 aliphatic heterocycles. The van der Waals surface area contributed by atoms with E-state index in [1.54, 1.807) is 24.3 Å². The zero-order valence-electron chi connectivity index (χ0n) is 12.7. The first-order valence-electron chi connectivity index (χ1n) is 6.83. The number of nitrogens with one attached hydrogen (secondary N) is 1. The molecule has 2 atom stereocenters. The van der Waals surface area contributed by atoms with E-state index in [2.05, 4.69) is 5.32 Å². The number of benzene rings is 1. The van der Waals surface area contributed by atoms with Crippen molar-refractivity contribution in [2.24, 2.45) is 0 Å². The van der Waals surface area contributed by atoms with Gasteiger partial charge in [-0.15, -0.1) is 0 Å². The Morgan fingerprint density at radius 1 is 1.10 bits per heavy atom. The summed E-state index contributed by atoms with van der Waals surface area (Å²) in [5.74, 6) is 0.651. The van der Waals surface area contributed by atoms with Gasteiger partial charge in [-0.1, -0.05) is 26.0 Å². The molecule has 0 saturated heterocycles. The van der Waals surface area contributed by atoms with Gasteiger partial charge < -0.3 is 14.8 Å². The van der Waals surface area contributed by atoms with Crippen LogP contribution in [-0.2, 0) is 4.74 Å². The minimum Gasteiger partial charge on any atom is -0.497 e. The van der Waals surface area contributed by atoms with Crippen LogP contribution in [0.3, 0.4) is 0 Å². The van der Waals surface area contributed by atoms with Gasteiger partial charge in [-0.3, -0.25) is 0 Å². The van der Waals surface area contributed by atoms with Crippen molar-refractivity contribution in [3.05, 3.63) is 29.8 Å². The van der Waals surface area contributed by atoms with Crippen LogP contribution in [0.5, 0.6) is 5.75 Å². The first-order chi connectivity index (χ1) is 9.74. The number of halogens is 3. The topological polar surface area (TPSA) is 30.5 Å². The molecule has 21 heavy (non-hydrogen) atoms. The molecule has 6 heteroatoms. The Morgan fingerprint density at radius 2 is 1.67 bits per heavy atom. The SMILES string of the molecule is COc1ccc(C(CNC(C)C)OC(C)C(F)(F)F)cc1. The van der Waals surface area contributed by atoms with Crippen molar-refractivity contribution in [2.75, 3.05) is 13.7 Å². The second-order valence-electron chi connectivity index (χ2n) is 5.14. The number of alkyl halides is 3. The van der Waals surface area contributed by atoms with Crippen LogP contribution in [0, 0.1) is 0 Å². The largest absolute Gasteiger partial charge is 0.497 e. The number of hydrogen-bond donors (Lipinski definition) is 1. The van der Waals surface area contributed by atoms with Crippen molar-refractivity contribution in [3.8, 4) is 5.75 Å². The van der Waals surface area contributed by atoms with Gasteiger partial charge in [0.25, 0.3) is 0 Å². The minimum atomic E-state index is -4.37. The lowest BCUT2D eigenvalue weighted by Gasteiger charge is -2.25. The summed E-state index contributed by atoms with van der Waals surface area (Å²) in [5.41, 5.74) is 0.681. The molecule has 0 aliphatic rings. The van der Waals surface area contributed by atoms with E-state index in [9.17, 15) is 13.2 Å². The molecule has 0 heterocycles. The molecule has 0 spiro atoms. The van der Waals surface area contributed by atoms with Gasteiger partial charge in [0.1, 0.15) is 5.75 Å². The lowest BCUT2D eigenvalue weighted by Crippen LogP contribution is -2.35. The van der Waals surface area contributed by atoms with Crippen LogP contribution in [0.15, 0.2) is 24.3 Å². The summed E-state index contributed by atoms with van der Waals surface area (Å²) in [5, 5.41) is 3.11. The highest BCUT2D eigenvalue weighted by Crippen LogP contribution is 2.28. The number of hydrogen-bond acceptors (Lipinski definition) is 3. The molecule has 0 aromatic heterocycles. The van der Waals surface area contributed by atoms with E-state index in [0.717, 1.165) is 6.92 Å². The third-order valence-electron chi connectivity index (χ3n) is 3.03. The highest BCUT2D eigenvalue weighted by molar-refractivity contribution is 5.28. The van der Waals surface area contributed by atoms with Crippen LogP contribution >= 0.6 is 0 Å². The molecular weight excluding hydrogens is 283 g/mol. The second-order valence-corrected chi connectivity index (χ2v) is 5.14. The van der Waals surface area contributed by atoms with Crippen molar-refractivity contribution in [2.45, 2.75) is 45.2 Å². The molecule has 2 unspecified atom stereocenters. The number of ether oxygens (including phenoxy) is 2. The van der Waals surface area contributed by atoms with Crippen LogP contribution < -0.4 is 10.1 Å². The van der Waals surface area contributed by atoms with Crippen molar-refractivity contribution < 1.29 is 22.6 Å². The normalized spacial score (nSPS) is 15.0. The predicted molar refractivity (Wildman–Crippen MR) is 75.5 cm³/mol. The minimum absolute atomic E-state index is 0.163. The van der Waals surface area contributed by atoms with E-state index in [0.29, 0.717) is 17.9 Å². The summed E-state index contributed by atoms with van der Waals surface area (Å²) in [7, 11) is 1.54. The van der Waals surface area contributed by atoms with Gasteiger partial charge in [0.05, 0.1) is 13.2 Å². The summed E-state index contributed by atoms with van der Waals surface area (Å²) < 4.78 is 48.3. The first-order valence-corrected chi connectivity index (χ1v) is 6.83. The van der Waals surface area contributed by atoms with Crippen LogP contribution in [0.4, 0.5) is 13.2 Å². The molecule has 120 valence electrons. The maximum absolute atomic E-state index is 12.7. The Kier molecular flexibility index (Phi) is 6.48. The van der Waals surface area contributed by atoms with Gasteiger partial charge in [0.2, 0.25) is 0 Å². The molecule has 0 radical (unpaired) electrons. The Morgan fingerprint density at radius 3 is 2.10 bits per heavy atom. The molecule has 1 N–H and O–H groups in total. The Bertz CT molecular complexity index is 418. The van der Waals surface area contributed by atoms with Gasteiger partial charge in [-0.25, -0.2) is 0 Å². The molecule has 0 amide bonds. The van der Waals surface area contributed by atoms with Crippen molar-refractivity contribution in [3.63, 3.8) is 0 Å². The maximum atomic E-state index is 12.7. The fraction of sp³-hybridized carbons (Fsp3) is 0.600. The summed E-state index contributed by atoms with van der Waals surface area (Å²) in [4.78, 5) is 0. The highest BCUT2D eigenvalue weighted by atomic mass is 19.4. The van der Waals surface area contributed by atoms with E-state index in [-0.39, 0.29) is 6.04 Å². The average Bonchev–Trinajstić information content (AvgIpc) is 2.42. The Balaban J connectivity index is 2.84. The predicted octanol–water partition coefficient (Wildman–Crippen LogP) is 3.70. The van der Waals surface area contributed by atoms with Crippen LogP contribution in [0.25, 0.3) is 0 Å². The summed E-state index contributed by atoms with van der Waals surface area (Å²) in [6.45, 7) is 5.19. The smallest absolute Gasteiger partial charge is 0.414 e. The zero-order chi connectivity index (χ0) is 16.0. The molecule has 1 aromatic rings. The Hall–Kier alpha value is -1.27. The molecule has 0 bridgehead atoms. The lowest BCUT2D eigenvalue weighted by atomic mass is 10.1. The van der Waals surface area contributed by atoms with E-state index >= 15 is 0 Å². The summed E-state index contributed by atoms with van der Waals surface area (Å²) in [6.07, 6.45) is -6.86. The monoisotopic (exact) mass is 305 g/mol. The first kappa shape index (κ1) is 17.8. The number of rotatable bonds is 7. The quantitative estimate of drug-likeness (QED) is 0.833. The third kappa shape index (κ3) is 5.93. The molecule has 1 aromatic carbocycles. The van der Waals surface area contributed by atoms with Gasteiger partial charge >= 0.3 is 6.18 Å². The Labute approximate surface area is 123 Å². The molecule has 0 saturated carbocycles. The summed E-state index contributed by atoms with van der Waals surface area (Å²) >= 11 is 0. The zero-order valence-corrected chi connectivity index (χ0v) is 12.7. The van der Waals surface area contributed by atoms with Crippen molar-refractivity contribution in [1.82, 2.24) is 5.32 Å². The fourth-order valence-corrected chi connectivity index (χ4v) is 1.73. The molecule has 3 nitrogen and oxygen atoms in total. The highest BCUT2D eigenvalue weighted by Gasteiger charge is 2.38.